The molecule has 6 heteroatoms. The predicted molar refractivity (Wildman–Crippen MR) is 91.4 cm³/mol. The fraction of sp³-hybridized carbons (Fsp3) is 0.278. The van der Waals surface area contributed by atoms with Gasteiger partial charge >= 0.3 is 5.97 Å². The molecule has 1 aliphatic rings. The van der Waals surface area contributed by atoms with Crippen molar-refractivity contribution in [2.24, 2.45) is 0 Å². The van der Waals surface area contributed by atoms with E-state index in [0.29, 0.717) is 12.3 Å². The summed E-state index contributed by atoms with van der Waals surface area (Å²) < 4.78 is 6.62. The summed E-state index contributed by atoms with van der Waals surface area (Å²) in [5.41, 5.74) is 11.8. The molecule has 2 heterocycles. The summed E-state index contributed by atoms with van der Waals surface area (Å²) in [4.78, 5) is 16.4. The fourth-order valence-electron chi connectivity index (χ4n) is 3.26. The molecule has 122 valence electrons. The molecule has 0 bridgehead atoms. The number of nitrogens with two attached hydrogens (primary N) is 1. The molecule has 1 aromatic carbocycles. The van der Waals surface area contributed by atoms with Crippen molar-refractivity contribution in [3.63, 3.8) is 0 Å². The summed E-state index contributed by atoms with van der Waals surface area (Å²) in [6, 6.07) is 7.86. The van der Waals surface area contributed by atoms with E-state index in [-0.39, 0.29) is 12.5 Å². The lowest BCUT2D eigenvalue weighted by Crippen LogP contribution is -2.13. The first-order chi connectivity index (χ1) is 11.7. The normalized spacial score (nSPS) is 12.7. The van der Waals surface area contributed by atoms with Gasteiger partial charge in [0.25, 0.3) is 0 Å². The molecule has 0 spiro atoms. The van der Waals surface area contributed by atoms with Crippen LogP contribution in [0.1, 0.15) is 18.2 Å². The monoisotopic (exact) mass is 322 g/mol. The number of benzene rings is 1. The minimum absolute atomic E-state index is 0.108. The molecule has 0 saturated heterocycles. The Bertz CT molecular complexity index is 946. The van der Waals surface area contributed by atoms with Crippen LogP contribution in [0.25, 0.3) is 22.2 Å². The van der Waals surface area contributed by atoms with Crippen LogP contribution < -0.4 is 5.73 Å². The molecule has 2 N–H and O–H groups in total. The van der Waals surface area contributed by atoms with Gasteiger partial charge < -0.3 is 10.5 Å². The molecular formula is C18H18N4O2. The number of hydrogen-bond acceptors (Lipinski definition) is 5. The number of ether oxygens (including phenoxy) is 1. The molecule has 1 aliphatic carbocycles. The number of carbonyl (C=O) groups excluding carboxylic acids is 1. The minimum Gasteiger partial charge on any atom is -0.465 e. The highest BCUT2D eigenvalue weighted by Gasteiger charge is 2.25. The van der Waals surface area contributed by atoms with Gasteiger partial charge in [-0.15, -0.1) is 0 Å². The molecule has 24 heavy (non-hydrogen) atoms. The van der Waals surface area contributed by atoms with Crippen LogP contribution in [0.3, 0.4) is 0 Å². The van der Waals surface area contributed by atoms with Gasteiger partial charge in [0.1, 0.15) is 6.54 Å². The number of pyridine rings is 1. The molecule has 4 rings (SSSR count). The standard InChI is InChI=1S/C18H18N4O2/c1-2-24-15(23)10-22-9-11-7-8-14-16(18(11)21-22)17(19)12-5-3-4-6-13(12)20-14/h3-6,9H,2,7-8,10H2,1H3,(H2,19,20). The summed E-state index contributed by atoms with van der Waals surface area (Å²) in [7, 11) is 0. The molecule has 2 aromatic heterocycles. The number of para-hydroxylation sites is 1. The van der Waals surface area contributed by atoms with Gasteiger partial charge in [-0.3, -0.25) is 14.5 Å². The average Bonchev–Trinajstić information content (AvgIpc) is 2.97. The van der Waals surface area contributed by atoms with Gasteiger partial charge in [-0.2, -0.15) is 5.10 Å². The summed E-state index contributed by atoms with van der Waals surface area (Å²) in [6.45, 7) is 2.27. The third-order valence-electron chi connectivity index (χ3n) is 4.31. The average molecular weight is 322 g/mol. The van der Waals surface area contributed by atoms with Crippen LogP contribution in [-0.4, -0.2) is 27.3 Å². The van der Waals surface area contributed by atoms with Gasteiger partial charge in [0, 0.05) is 17.1 Å². The van der Waals surface area contributed by atoms with E-state index in [1.807, 2.05) is 30.5 Å². The smallest absolute Gasteiger partial charge is 0.327 e. The van der Waals surface area contributed by atoms with Gasteiger partial charge in [-0.05, 0) is 31.4 Å². The molecule has 0 atom stereocenters. The molecule has 0 aliphatic heterocycles. The van der Waals surface area contributed by atoms with E-state index in [2.05, 4.69) is 5.10 Å². The molecular weight excluding hydrogens is 304 g/mol. The van der Waals surface area contributed by atoms with Gasteiger partial charge in [0.2, 0.25) is 0 Å². The summed E-state index contributed by atoms with van der Waals surface area (Å²) in [5.74, 6) is -0.290. The van der Waals surface area contributed by atoms with Crippen molar-refractivity contribution in [1.29, 1.82) is 0 Å². The van der Waals surface area contributed by atoms with E-state index in [9.17, 15) is 4.79 Å². The molecule has 3 aromatic rings. The van der Waals surface area contributed by atoms with E-state index in [4.69, 9.17) is 15.5 Å². The number of fused-ring (bicyclic) bond motifs is 4. The van der Waals surface area contributed by atoms with E-state index in [0.717, 1.165) is 46.3 Å². The number of anilines is 1. The molecule has 0 fully saturated rings. The number of esters is 1. The Morgan fingerprint density at radius 2 is 2.17 bits per heavy atom. The topological polar surface area (TPSA) is 83.0 Å². The number of rotatable bonds is 3. The Labute approximate surface area is 139 Å². The zero-order valence-electron chi connectivity index (χ0n) is 13.5. The van der Waals surface area contributed by atoms with Gasteiger partial charge in [-0.25, -0.2) is 0 Å². The Morgan fingerprint density at radius 3 is 3.00 bits per heavy atom. The molecule has 0 radical (unpaired) electrons. The van der Waals surface area contributed by atoms with Gasteiger partial charge in [0.05, 0.1) is 29.2 Å². The largest absolute Gasteiger partial charge is 0.465 e. The fourth-order valence-corrected chi connectivity index (χ4v) is 3.26. The number of carbonyl (C=O) groups is 1. The van der Waals surface area contributed by atoms with Crippen LogP contribution >= 0.6 is 0 Å². The number of nitrogen functional groups attached to an aromatic ring is 1. The number of aromatic nitrogens is 3. The second-order valence-electron chi connectivity index (χ2n) is 5.87. The van der Waals surface area contributed by atoms with E-state index in [1.165, 1.54) is 0 Å². The highest BCUT2D eigenvalue weighted by molar-refractivity contribution is 5.99. The van der Waals surface area contributed by atoms with Crippen molar-refractivity contribution in [1.82, 2.24) is 14.8 Å². The zero-order chi connectivity index (χ0) is 16.7. The Kier molecular flexibility index (Phi) is 3.45. The maximum Gasteiger partial charge on any atom is 0.327 e. The predicted octanol–water partition coefficient (Wildman–Crippen LogP) is 2.34. The summed E-state index contributed by atoms with van der Waals surface area (Å²) >= 11 is 0. The third-order valence-corrected chi connectivity index (χ3v) is 4.31. The molecule has 0 saturated carbocycles. The number of hydrogen-bond donors (Lipinski definition) is 1. The highest BCUT2D eigenvalue weighted by Crippen LogP contribution is 2.38. The van der Waals surface area contributed by atoms with Crippen molar-refractivity contribution >= 4 is 22.6 Å². The SMILES string of the molecule is CCOC(=O)Cn1cc2c(n1)-c1c(nc3ccccc3c1N)CC2. The van der Waals surface area contributed by atoms with Crippen LogP contribution in [0.4, 0.5) is 5.69 Å². The first kappa shape index (κ1) is 14.7. The summed E-state index contributed by atoms with van der Waals surface area (Å²) in [6.07, 6.45) is 3.57. The third kappa shape index (κ3) is 2.31. The maximum atomic E-state index is 11.7. The van der Waals surface area contributed by atoms with Gasteiger partial charge in [-0.1, -0.05) is 18.2 Å². The second-order valence-corrected chi connectivity index (χ2v) is 5.87. The number of aryl methyl sites for hydroxylation is 2. The molecule has 6 nitrogen and oxygen atoms in total. The van der Waals surface area contributed by atoms with Crippen LogP contribution in [0.2, 0.25) is 0 Å². The van der Waals surface area contributed by atoms with Crippen LogP contribution in [0, 0.1) is 0 Å². The maximum absolute atomic E-state index is 11.7. The van der Waals surface area contributed by atoms with Crippen LogP contribution in [0.15, 0.2) is 30.5 Å². The van der Waals surface area contributed by atoms with E-state index >= 15 is 0 Å². The zero-order valence-corrected chi connectivity index (χ0v) is 13.5. The quantitative estimate of drug-likeness (QED) is 0.748. The van der Waals surface area contributed by atoms with Crippen LogP contribution in [-0.2, 0) is 28.9 Å². The highest BCUT2D eigenvalue weighted by atomic mass is 16.5. The van der Waals surface area contributed by atoms with Crippen molar-refractivity contribution in [2.45, 2.75) is 26.3 Å². The first-order valence-electron chi connectivity index (χ1n) is 8.06. The Balaban J connectivity index is 1.81. The first-order valence-corrected chi connectivity index (χ1v) is 8.06. The minimum atomic E-state index is -0.290. The van der Waals surface area contributed by atoms with E-state index in [1.54, 1.807) is 11.6 Å². The van der Waals surface area contributed by atoms with Crippen LogP contribution in [0.5, 0.6) is 0 Å². The van der Waals surface area contributed by atoms with Crippen molar-refractivity contribution < 1.29 is 9.53 Å². The lowest BCUT2D eigenvalue weighted by atomic mass is 9.91. The Hall–Kier alpha value is -2.89. The summed E-state index contributed by atoms with van der Waals surface area (Å²) in [5, 5.41) is 5.51. The lowest BCUT2D eigenvalue weighted by Gasteiger charge is -2.17. The van der Waals surface area contributed by atoms with Crippen molar-refractivity contribution in [2.75, 3.05) is 12.3 Å². The molecule has 0 amide bonds. The van der Waals surface area contributed by atoms with E-state index < -0.39 is 0 Å². The Morgan fingerprint density at radius 1 is 1.33 bits per heavy atom. The number of nitrogens with zero attached hydrogens (tertiary/aromatic N) is 3. The molecule has 0 unspecified atom stereocenters. The van der Waals surface area contributed by atoms with Crippen molar-refractivity contribution in [3.8, 4) is 11.3 Å². The van der Waals surface area contributed by atoms with Gasteiger partial charge in [0.15, 0.2) is 0 Å². The second kappa shape index (κ2) is 5.63. The lowest BCUT2D eigenvalue weighted by molar-refractivity contribution is -0.144. The van der Waals surface area contributed by atoms with Crippen molar-refractivity contribution in [3.05, 3.63) is 41.7 Å².